The molecule has 1 N–H and O–H groups in total. The van der Waals surface area contributed by atoms with Gasteiger partial charge in [0, 0.05) is 24.6 Å². The number of alkyl halides is 3. The molecule has 1 heterocycles. The monoisotopic (exact) mass is 511 g/mol. The molecule has 5 nitrogen and oxygen atoms in total. The summed E-state index contributed by atoms with van der Waals surface area (Å²) in [5, 5.41) is 6.69. The van der Waals surface area contributed by atoms with Crippen molar-refractivity contribution >= 4 is 29.1 Å². The molecule has 0 aliphatic heterocycles. The molecule has 2 aromatic carbocycles. The molecular weight excluding hydrogens is 490 g/mol. The molecule has 0 spiro atoms. The van der Waals surface area contributed by atoms with Crippen molar-refractivity contribution in [3.8, 4) is 5.75 Å². The molecule has 1 fully saturated rings. The lowest BCUT2D eigenvalue weighted by molar-refractivity contribution is -0.141. The number of ether oxygens (including phenoxy) is 1. The van der Waals surface area contributed by atoms with Crippen molar-refractivity contribution in [2.75, 3.05) is 6.54 Å². The fourth-order valence-electron chi connectivity index (χ4n) is 3.61. The highest BCUT2D eigenvalue weighted by atomic mass is 35.5. The van der Waals surface area contributed by atoms with E-state index in [-0.39, 0.29) is 36.5 Å². The molecule has 0 saturated heterocycles. The average Bonchev–Trinajstić information content (AvgIpc) is 3.58. The third-order valence-electron chi connectivity index (χ3n) is 5.42. The van der Waals surface area contributed by atoms with E-state index in [1.807, 2.05) is 18.2 Å². The SMILES string of the molecule is O=C(NCCCn1nc(C(F)(F)F)c(Cl)c1C1CC1)c1cccc(COc2ccccc2Cl)c1. The number of carbonyl (C=O) groups is 1. The molecule has 0 radical (unpaired) electrons. The Labute approximate surface area is 204 Å². The Balaban J connectivity index is 1.31. The number of para-hydroxylation sites is 1. The van der Waals surface area contributed by atoms with E-state index >= 15 is 0 Å². The highest BCUT2D eigenvalue weighted by Crippen LogP contribution is 2.46. The van der Waals surface area contributed by atoms with Gasteiger partial charge in [-0.2, -0.15) is 18.3 Å². The zero-order chi connectivity index (χ0) is 24.3. The van der Waals surface area contributed by atoms with E-state index in [1.54, 1.807) is 30.3 Å². The molecule has 0 atom stereocenters. The molecular formula is C24H22Cl2F3N3O2. The smallest absolute Gasteiger partial charge is 0.436 e. The summed E-state index contributed by atoms with van der Waals surface area (Å²) in [6.07, 6.45) is -2.58. The minimum Gasteiger partial charge on any atom is -0.487 e. The van der Waals surface area contributed by atoms with Crippen LogP contribution in [0.1, 0.15) is 52.5 Å². The number of hydrogen-bond donors (Lipinski definition) is 1. The van der Waals surface area contributed by atoms with Gasteiger partial charge in [0.05, 0.1) is 15.7 Å². The van der Waals surface area contributed by atoms with Gasteiger partial charge in [-0.15, -0.1) is 0 Å². The van der Waals surface area contributed by atoms with Crippen LogP contribution in [0, 0.1) is 0 Å². The number of halogens is 5. The number of amides is 1. The first-order valence-electron chi connectivity index (χ1n) is 10.8. The van der Waals surface area contributed by atoms with E-state index in [1.165, 1.54) is 4.68 Å². The summed E-state index contributed by atoms with van der Waals surface area (Å²) < 4.78 is 46.6. The van der Waals surface area contributed by atoms with Gasteiger partial charge in [0.25, 0.3) is 5.91 Å². The molecule has 1 saturated carbocycles. The van der Waals surface area contributed by atoms with Crippen molar-refractivity contribution in [2.45, 2.75) is 44.5 Å². The Kier molecular flexibility index (Phi) is 7.38. The molecule has 1 amide bonds. The van der Waals surface area contributed by atoms with E-state index in [2.05, 4.69) is 10.4 Å². The molecule has 1 aliphatic rings. The van der Waals surface area contributed by atoms with E-state index in [4.69, 9.17) is 27.9 Å². The van der Waals surface area contributed by atoms with Crippen molar-refractivity contribution in [3.63, 3.8) is 0 Å². The first-order valence-corrected chi connectivity index (χ1v) is 11.6. The van der Waals surface area contributed by atoms with Crippen LogP contribution in [0.3, 0.4) is 0 Å². The Morgan fingerprint density at radius 3 is 2.62 bits per heavy atom. The van der Waals surface area contributed by atoms with E-state index in [0.717, 1.165) is 18.4 Å². The van der Waals surface area contributed by atoms with Crippen LogP contribution in [0.25, 0.3) is 0 Å². The van der Waals surface area contributed by atoms with Gasteiger partial charge >= 0.3 is 6.18 Å². The molecule has 1 aromatic heterocycles. The van der Waals surface area contributed by atoms with Crippen LogP contribution in [0.15, 0.2) is 48.5 Å². The summed E-state index contributed by atoms with van der Waals surface area (Å²) in [5.74, 6) is 0.287. The number of carbonyl (C=O) groups excluding carboxylic acids is 1. The predicted molar refractivity (Wildman–Crippen MR) is 123 cm³/mol. The highest BCUT2D eigenvalue weighted by Gasteiger charge is 2.41. The Morgan fingerprint density at radius 2 is 1.91 bits per heavy atom. The van der Waals surface area contributed by atoms with Crippen LogP contribution in [-0.2, 0) is 19.3 Å². The van der Waals surface area contributed by atoms with Gasteiger partial charge < -0.3 is 10.1 Å². The summed E-state index contributed by atoms with van der Waals surface area (Å²) in [5.41, 5.74) is 0.649. The number of nitrogens with zero attached hydrogens (tertiary/aromatic N) is 2. The normalized spacial score (nSPS) is 13.7. The fourth-order valence-corrected chi connectivity index (χ4v) is 4.20. The first kappa shape index (κ1) is 24.4. The second-order valence-corrected chi connectivity index (χ2v) is 8.86. The maximum Gasteiger partial charge on any atom is 0.436 e. The number of nitrogens with one attached hydrogen (secondary N) is 1. The zero-order valence-electron chi connectivity index (χ0n) is 18.0. The maximum atomic E-state index is 13.2. The molecule has 180 valence electrons. The predicted octanol–water partition coefficient (Wildman–Crippen LogP) is 6.49. The Hall–Kier alpha value is -2.71. The second kappa shape index (κ2) is 10.3. The van der Waals surface area contributed by atoms with Crippen LogP contribution in [0.4, 0.5) is 13.2 Å². The number of benzene rings is 2. The summed E-state index contributed by atoms with van der Waals surface area (Å²) in [4.78, 5) is 12.5. The number of hydrogen-bond acceptors (Lipinski definition) is 3. The Bertz CT molecular complexity index is 1180. The van der Waals surface area contributed by atoms with Crippen LogP contribution >= 0.6 is 23.2 Å². The van der Waals surface area contributed by atoms with Crippen molar-refractivity contribution < 1.29 is 22.7 Å². The van der Waals surface area contributed by atoms with Crippen LogP contribution in [0.5, 0.6) is 5.75 Å². The van der Waals surface area contributed by atoms with E-state index in [9.17, 15) is 18.0 Å². The third-order valence-corrected chi connectivity index (χ3v) is 6.10. The standard InChI is InChI=1S/C24H22Cl2F3N3O2/c25-18-7-1-2-8-19(18)34-14-15-5-3-6-17(13-15)23(33)30-11-4-12-32-21(16-9-10-16)20(26)22(31-32)24(27,28)29/h1-3,5-8,13,16H,4,9-12,14H2,(H,30,33). The molecule has 0 unspecified atom stereocenters. The number of rotatable bonds is 9. The van der Waals surface area contributed by atoms with Crippen molar-refractivity contribution in [3.05, 3.63) is 81.1 Å². The van der Waals surface area contributed by atoms with Gasteiger partial charge in [-0.1, -0.05) is 47.5 Å². The lowest BCUT2D eigenvalue weighted by atomic mass is 10.1. The second-order valence-electron chi connectivity index (χ2n) is 8.07. The molecule has 10 heteroatoms. The Morgan fingerprint density at radius 1 is 1.15 bits per heavy atom. The first-order chi connectivity index (χ1) is 16.2. The van der Waals surface area contributed by atoms with E-state index < -0.39 is 11.9 Å². The summed E-state index contributed by atoms with van der Waals surface area (Å²) in [6.45, 7) is 0.756. The number of aromatic nitrogens is 2. The van der Waals surface area contributed by atoms with Crippen LogP contribution in [-0.4, -0.2) is 22.2 Å². The van der Waals surface area contributed by atoms with Crippen LogP contribution < -0.4 is 10.1 Å². The molecule has 4 rings (SSSR count). The van der Waals surface area contributed by atoms with Gasteiger partial charge in [0.1, 0.15) is 12.4 Å². The molecule has 3 aromatic rings. The quantitative estimate of drug-likeness (QED) is 0.334. The van der Waals surface area contributed by atoms with Gasteiger partial charge in [0.2, 0.25) is 0 Å². The lowest BCUT2D eigenvalue weighted by Crippen LogP contribution is -2.25. The van der Waals surface area contributed by atoms with Crippen molar-refractivity contribution in [1.29, 1.82) is 0 Å². The van der Waals surface area contributed by atoms with Crippen LogP contribution in [0.2, 0.25) is 10.0 Å². The molecule has 34 heavy (non-hydrogen) atoms. The minimum absolute atomic E-state index is 0.0152. The van der Waals surface area contributed by atoms with Gasteiger partial charge in [0.15, 0.2) is 5.69 Å². The minimum atomic E-state index is -4.60. The third kappa shape index (κ3) is 5.85. The highest BCUT2D eigenvalue weighted by molar-refractivity contribution is 6.32. The summed E-state index contributed by atoms with van der Waals surface area (Å²) in [7, 11) is 0. The van der Waals surface area contributed by atoms with Crippen molar-refractivity contribution in [2.24, 2.45) is 0 Å². The molecule has 1 aliphatic carbocycles. The van der Waals surface area contributed by atoms with Gasteiger partial charge in [-0.25, -0.2) is 0 Å². The summed E-state index contributed by atoms with van der Waals surface area (Å²) in [6, 6.07) is 14.1. The summed E-state index contributed by atoms with van der Waals surface area (Å²) >= 11 is 12.1. The maximum absolute atomic E-state index is 13.2. The largest absolute Gasteiger partial charge is 0.487 e. The average molecular weight is 512 g/mol. The molecule has 0 bridgehead atoms. The van der Waals surface area contributed by atoms with Crippen molar-refractivity contribution in [1.82, 2.24) is 15.1 Å². The fraction of sp³-hybridized carbons (Fsp3) is 0.333. The zero-order valence-corrected chi connectivity index (χ0v) is 19.6. The topological polar surface area (TPSA) is 56.2 Å². The number of aryl methyl sites for hydroxylation is 1. The van der Waals surface area contributed by atoms with Gasteiger partial charge in [-0.05, 0) is 49.1 Å². The lowest BCUT2D eigenvalue weighted by Gasteiger charge is -2.10. The van der Waals surface area contributed by atoms with E-state index in [0.29, 0.717) is 28.5 Å². The van der Waals surface area contributed by atoms with Gasteiger partial charge in [-0.3, -0.25) is 9.48 Å².